The lowest BCUT2D eigenvalue weighted by atomic mass is 9.86. The van der Waals surface area contributed by atoms with E-state index in [0.29, 0.717) is 12.0 Å². The quantitative estimate of drug-likeness (QED) is 0.817. The Morgan fingerprint density at radius 3 is 2.76 bits per heavy atom. The van der Waals surface area contributed by atoms with Crippen molar-refractivity contribution in [2.24, 2.45) is 5.73 Å². The summed E-state index contributed by atoms with van der Waals surface area (Å²) in [5.74, 6) is 1.81. The number of aryl methyl sites for hydroxylation is 1. The summed E-state index contributed by atoms with van der Waals surface area (Å²) < 4.78 is 2.25. The Bertz CT molecular complexity index is 521. The standard InChI is InChI=1S/C14H19N3/c1-10-13-4-2-3-9-17(13)14(16-10)11-5-7-12(15)8-6-11/h2-4,9,11-12H,5-8,15H2,1H3. The van der Waals surface area contributed by atoms with Crippen LogP contribution in [-0.4, -0.2) is 15.4 Å². The van der Waals surface area contributed by atoms with Crippen LogP contribution in [0.1, 0.15) is 43.1 Å². The molecule has 1 fully saturated rings. The SMILES string of the molecule is Cc1nc(C2CCC(N)CC2)n2ccccc12. The predicted molar refractivity (Wildman–Crippen MR) is 69.1 cm³/mol. The molecule has 0 aromatic carbocycles. The van der Waals surface area contributed by atoms with Gasteiger partial charge in [-0.3, -0.25) is 0 Å². The van der Waals surface area contributed by atoms with Crippen LogP contribution in [0.15, 0.2) is 24.4 Å². The van der Waals surface area contributed by atoms with Crippen molar-refractivity contribution in [3.05, 3.63) is 35.9 Å². The monoisotopic (exact) mass is 229 g/mol. The van der Waals surface area contributed by atoms with Gasteiger partial charge in [0.25, 0.3) is 0 Å². The van der Waals surface area contributed by atoms with E-state index in [0.717, 1.165) is 18.5 Å². The van der Waals surface area contributed by atoms with Crippen LogP contribution in [-0.2, 0) is 0 Å². The molecule has 0 aliphatic heterocycles. The van der Waals surface area contributed by atoms with Crippen LogP contribution in [0.4, 0.5) is 0 Å². The summed E-state index contributed by atoms with van der Waals surface area (Å²) in [5.41, 5.74) is 8.33. The maximum atomic E-state index is 5.97. The van der Waals surface area contributed by atoms with Crippen LogP contribution in [0, 0.1) is 6.92 Å². The Labute approximate surface area is 102 Å². The topological polar surface area (TPSA) is 43.3 Å². The molecule has 0 spiro atoms. The van der Waals surface area contributed by atoms with Gasteiger partial charge in [0.15, 0.2) is 0 Å². The van der Waals surface area contributed by atoms with E-state index >= 15 is 0 Å². The van der Waals surface area contributed by atoms with Gasteiger partial charge in [-0.15, -0.1) is 0 Å². The summed E-state index contributed by atoms with van der Waals surface area (Å²) >= 11 is 0. The molecule has 1 aliphatic carbocycles. The molecule has 3 heteroatoms. The molecule has 2 aromatic rings. The lowest BCUT2D eigenvalue weighted by Gasteiger charge is -2.25. The second-order valence-corrected chi connectivity index (χ2v) is 5.12. The minimum atomic E-state index is 0.401. The first-order valence-corrected chi connectivity index (χ1v) is 6.45. The van der Waals surface area contributed by atoms with E-state index < -0.39 is 0 Å². The molecular formula is C14H19N3. The number of fused-ring (bicyclic) bond motifs is 1. The van der Waals surface area contributed by atoms with Gasteiger partial charge < -0.3 is 10.1 Å². The molecule has 0 amide bonds. The number of rotatable bonds is 1. The Balaban J connectivity index is 2.00. The van der Waals surface area contributed by atoms with Crippen LogP contribution in [0.2, 0.25) is 0 Å². The lowest BCUT2D eigenvalue weighted by Crippen LogP contribution is -2.26. The third kappa shape index (κ3) is 1.84. The summed E-state index contributed by atoms with van der Waals surface area (Å²) in [5, 5.41) is 0. The van der Waals surface area contributed by atoms with Gasteiger partial charge >= 0.3 is 0 Å². The molecule has 0 saturated heterocycles. The number of pyridine rings is 1. The predicted octanol–water partition coefficient (Wildman–Crippen LogP) is 2.63. The van der Waals surface area contributed by atoms with Crippen LogP contribution in [0.25, 0.3) is 5.52 Å². The van der Waals surface area contributed by atoms with Crippen LogP contribution >= 0.6 is 0 Å². The van der Waals surface area contributed by atoms with Crippen molar-refractivity contribution in [2.75, 3.05) is 0 Å². The summed E-state index contributed by atoms with van der Waals surface area (Å²) in [6.07, 6.45) is 6.74. The molecule has 90 valence electrons. The van der Waals surface area contributed by atoms with Crippen LogP contribution in [0.3, 0.4) is 0 Å². The van der Waals surface area contributed by atoms with Crippen molar-refractivity contribution in [3.63, 3.8) is 0 Å². The molecule has 1 saturated carbocycles. The fourth-order valence-corrected chi connectivity index (χ4v) is 2.89. The molecule has 0 radical (unpaired) electrons. The van der Waals surface area contributed by atoms with Gasteiger partial charge in [-0.1, -0.05) is 6.07 Å². The van der Waals surface area contributed by atoms with Crippen molar-refractivity contribution < 1.29 is 0 Å². The van der Waals surface area contributed by atoms with E-state index in [1.165, 1.54) is 24.2 Å². The molecular weight excluding hydrogens is 210 g/mol. The average Bonchev–Trinajstić information content (AvgIpc) is 2.69. The van der Waals surface area contributed by atoms with E-state index in [-0.39, 0.29) is 0 Å². The van der Waals surface area contributed by atoms with Crippen molar-refractivity contribution in [3.8, 4) is 0 Å². The van der Waals surface area contributed by atoms with E-state index in [4.69, 9.17) is 10.7 Å². The summed E-state index contributed by atoms with van der Waals surface area (Å²) in [6.45, 7) is 2.09. The zero-order valence-corrected chi connectivity index (χ0v) is 10.3. The molecule has 2 aromatic heterocycles. The van der Waals surface area contributed by atoms with Crippen molar-refractivity contribution in [1.29, 1.82) is 0 Å². The third-order valence-electron chi connectivity index (χ3n) is 3.90. The third-order valence-corrected chi connectivity index (χ3v) is 3.90. The molecule has 2 N–H and O–H groups in total. The minimum Gasteiger partial charge on any atom is -0.328 e. The van der Waals surface area contributed by atoms with Gasteiger partial charge in [0.1, 0.15) is 5.82 Å². The summed E-state index contributed by atoms with van der Waals surface area (Å²) in [7, 11) is 0. The Hall–Kier alpha value is -1.35. The van der Waals surface area contributed by atoms with E-state index in [1.54, 1.807) is 0 Å². The van der Waals surface area contributed by atoms with Gasteiger partial charge in [-0.25, -0.2) is 4.98 Å². The lowest BCUT2D eigenvalue weighted by molar-refractivity contribution is 0.384. The highest BCUT2D eigenvalue weighted by Gasteiger charge is 2.23. The second kappa shape index (κ2) is 4.15. The second-order valence-electron chi connectivity index (χ2n) is 5.12. The number of imidazole rings is 1. The van der Waals surface area contributed by atoms with Crippen molar-refractivity contribution in [1.82, 2.24) is 9.38 Å². The zero-order chi connectivity index (χ0) is 11.8. The number of hydrogen-bond donors (Lipinski definition) is 1. The number of nitrogens with zero attached hydrogens (tertiary/aromatic N) is 2. The Morgan fingerprint density at radius 1 is 1.24 bits per heavy atom. The van der Waals surface area contributed by atoms with E-state index in [9.17, 15) is 0 Å². The zero-order valence-electron chi connectivity index (χ0n) is 10.3. The normalized spacial score (nSPS) is 25.3. The molecule has 3 rings (SSSR count). The van der Waals surface area contributed by atoms with E-state index in [2.05, 4.69) is 35.7 Å². The van der Waals surface area contributed by atoms with Gasteiger partial charge in [-0.2, -0.15) is 0 Å². The van der Waals surface area contributed by atoms with Crippen LogP contribution in [0.5, 0.6) is 0 Å². The first-order valence-electron chi connectivity index (χ1n) is 6.45. The Morgan fingerprint density at radius 2 is 2.00 bits per heavy atom. The average molecular weight is 229 g/mol. The maximum Gasteiger partial charge on any atom is 0.116 e. The highest BCUT2D eigenvalue weighted by atomic mass is 15.0. The van der Waals surface area contributed by atoms with Crippen LogP contribution < -0.4 is 5.73 Å². The van der Waals surface area contributed by atoms with E-state index in [1.807, 2.05) is 0 Å². The molecule has 0 atom stereocenters. The van der Waals surface area contributed by atoms with Gasteiger partial charge in [0, 0.05) is 18.2 Å². The van der Waals surface area contributed by atoms with Crippen molar-refractivity contribution >= 4 is 5.52 Å². The largest absolute Gasteiger partial charge is 0.328 e. The highest BCUT2D eigenvalue weighted by Crippen LogP contribution is 2.32. The minimum absolute atomic E-state index is 0.401. The molecule has 0 bridgehead atoms. The van der Waals surface area contributed by atoms with Gasteiger partial charge in [0.2, 0.25) is 0 Å². The highest BCUT2D eigenvalue weighted by molar-refractivity contribution is 5.52. The molecule has 3 nitrogen and oxygen atoms in total. The number of aromatic nitrogens is 2. The molecule has 1 aliphatic rings. The van der Waals surface area contributed by atoms with Gasteiger partial charge in [-0.05, 0) is 44.7 Å². The summed E-state index contributed by atoms with van der Waals surface area (Å²) in [4.78, 5) is 4.76. The molecule has 2 heterocycles. The van der Waals surface area contributed by atoms with Crippen molar-refractivity contribution in [2.45, 2.75) is 44.6 Å². The first kappa shape index (κ1) is 10.8. The fourth-order valence-electron chi connectivity index (χ4n) is 2.89. The summed E-state index contributed by atoms with van der Waals surface area (Å²) in [6, 6.07) is 6.69. The fraction of sp³-hybridized carbons (Fsp3) is 0.500. The first-order chi connectivity index (χ1) is 8.25. The smallest absolute Gasteiger partial charge is 0.116 e. The maximum absolute atomic E-state index is 5.97. The number of nitrogens with two attached hydrogens (primary N) is 1. The molecule has 0 unspecified atom stereocenters. The molecule has 17 heavy (non-hydrogen) atoms. The van der Waals surface area contributed by atoms with Gasteiger partial charge in [0.05, 0.1) is 11.2 Å². The number of hydrogen-bond acceptors (Lipinski definition) is 2. The Kier molecular flexibility index (Phi) is 2.63.